The number of para-hydroxylation sites is 2. The Morgan fingerprint density at radius 1 is 0.750 bits per heavy atom. The third-order valence-corrected chi connectivity index (χ3v) is 7.56. The van der Waals surface area contributed by atoms with Crippen LogP contribution in [0.3, 0.4) is 0 Å². The predicted molar refractivity (Wildman–Crippen MR) is 175 cm³/mol. The SMILES string of the molecule is O=C(N[C@@H](Cc1ccc(-c2ccccc2Oc2ccccc2)cc1)C(=O)O)c1cc(Br)ccc1OCCCc1ccccc1. The molecule has 0 radical (unpaired) electrons. The summed E-state index contributed by atoms with van der Waals surface area (Å²) in [5.41, 5.74) is 4.11. The average Bonchev–Trinajstić information content (AvgIpc) is 3.05. The van der Waals surface area contributed by atoms with Crippen molar-refractivity contribution in [1.82, 2.24) is 5.32 Å². The Morgan fingerprint density at radius 3 is 2.16 bits per heavy atom. The van der Waals surface area contributed by atoms with Gasteiger partial charge in [0.05, 0.1) is 12.2 Å². The summed E-state index contributed by atoms with van der Waals surface area (Å²) in [6.07, 6.45) is 1.74. The summed E-state index contributed by atoms with van der Waals surface area (Å²) < 4.78 is 12.8. The number of halogens is 1. The second-order valence-electron chi connectivity index (χ2n) is 10.3. The maximum absolute atomic E-state index is 13.3. The molecule has 0 spiro atoms. The number of aryl methyl sites for hydroxylation is 1. The number of carbonyl (C=O) groups is 2. The van der Waals surface area contributed by atoms with E-state index in [1.807, 2.05) is 97.1 Å². The first kappa shape index (κ1) is 30.6. The van der Waals surface area contributed by atoms with Gasteiger partial charge < -0.3 is 19.9 Å². The molecule has 0 aromatic heterocycles. The number of nitrogens with one attached hydrogen (secondary N) is 1. The normalized spacial score (nSPS) is 11.4. The van der Waals surface area contributed by atoms with Crippen LogP contribution in [-0.2, 0) is 17.6 Å². The van der Waals surface area contributed by atoms with Crippen LogP contribution in [0.5, 0.6) is 17.2 Å². The van der Waals surface area contributed by atoms with Crippen LogP contribution < -0.4 is 14.8 Å². The summed E-state index contributed by atoms with van der Waals surface area (Å²) in [5.74, 6) is 0.227. The van der Waals surface area contributed by atoms with Crippen molar-refractivity contribution in [3.8, 4) is 28.4 Å². The molecule has 0 heterocycles. The number of hydrogen-bond acceptors (Lipinski definition) is 4. The molecule has 6 nitrogen and oxygen atoms in total. The predicted octanol–water partition coefficient (Wildman–Crippen LogP) is 8.35. The highest BCUT2D eigenvalue weighted by molar-refractivity contribution is 9.10. The fraction of sp³-hybridized carbons (Fsp3) is 0.135. The molecule has 1 amide bonds. The van der Waals surface area contributed by atoms with Gasteiger partial charge >= 0.3 is 5.97 Å². The zero-order valence-electron chi connectivity index (χ0n) is 24.0. The summed E-state index contributed by atoms with van der Waals surface area (Å²) in [6, 6.07) is 39.1. The maximum Gasteiger partial charge on any atom is 0.326 e. The highest BCUT2D eigenvalue weighted by Gasteiger charge is 2.23. The monoisotopic (exact) mass is 649 g/mol. The van der Waals surface area contributed by atoms with E-state index in [2.05, 4.69) is 33.4 Å². The van der Waals surface area contributed by atoms with Gasteiger partial charge in [-0.05, 0) is 65.9 Å². The number of amides is 1. The Hall–Kier alpha value is -4.88. The standard InChI is InChI=1S/C37H32BrNO5/c38-29-21-22-34(43-23-9-12-26-10-3-1-4-11-26)32(25-29)36(40)39-33(37(41)42)24-27-17-19-28(20-18-27)31-15-7-8-16-35(31)44-30-13-5-2-6-14-30/h1-8,10-11,13-22,25,33H,9,12,23-24H2,(H,39,40)(H,41,42)/t33-/m0/s1. The van der Waals surface area contributed by atoms with Crippen LogP contribution in [0.2, 0.25) is 0 Å². The molecule has 1 atom stereocenters. The molecule has 44 heavy (non-hydrogen) atoms. The lowest BCUT2D eigenvalue weighted by molar-refractivity contribution is -0.139. The second-order valence-corrected chi connectivity index (χ2v) is 11.2. The van der Waals surface area contributed by atoms with E-state index >= 15 is 0 Å². The summed E-state index contributed by atoms with van der Waals surface area (Å²) >= 11 is 3.41. The summed E-state index contributed by atoms with van der Waals surface area (Å²) in [6.45, 7) is 0.422. The minimum Gasteiger partial charge on any atom is -0.493 e. The van der Waals surface area contributed by atoms with Crippen molar-refractivity contribution in [2.45, 2.75) is 25.3 Å². The van der Waals surface area contributed by atoms with Crippen LogP contribution in [0.1, 0.15) is 27.9 Å². The topological polar surface area (TPSA) is 84.9 Å². The zero-order valence-corrected chi connectivity index (χ0v) is 25.6. The van der Waals surface area contributed by atoms with Crippen LogP contribution >= 0.6 is 15.9 Å². The molecular formula is C37H32BrNO5. The Labute approximate surface area is 265 Å². The number of hydrogen-bond donors (Lipinski definition) is 2. The Kier molecular flexibility index (Phi) is 10.4. The van der Waals surface area contributed by atoms with Gasteiger partial charge in [0.2, 0.25) is 0 Å². The fourth-order valence-electron chi connectivity index (χ4n) is 4.81. The van der Waals surface area contributed by atoms with Gasteiger partial charge in [-0.1, -0.05) is 107 Å². The van der Waals surface area contributed by atoms with Gasteiger partial charge in [0, 0.05) is 16.5 Å². The van der Waals surface area contributed by atoms with E-state index in [1.54, 1.807) is 18.2 Å². The van der Waals surface area contributed by atoms with Crippen molar-refractivity contribution < 1.29 is 24.2 Å². The van der Waals surface area contributed by atoms with Crippen molar-refractivity contribution in [3.63, 3.8) is 0 Å². The first-order chi connectivity index (χ1) is 21.5. The summed E-state index contributed by atoms with van der Waals surface area (Å²) in [5, 5.41) is 12.7. The van der Waals surface area contributed by atoms with E-state index in [-0.39, 0.29) is 12.0 Å². The maximum atomic E-state index is 13.3. The van der Waals surface area contributed by atoms with Gasteiger partial charge in [-0.15, -0.1) is 0 Å². The average molecular weight is 651 g/mol. The van der Waals surface area contributed by atoms with Gasteiger partial charge in [0.1, 0.15) is 23.3 Å². The molecule has 0 unspecified atom stereocenters. The lowest BCUT2D eigenvalue weighted by atomic mass is 9.99. The van der Waals surface area contributed by atoms with Crippen molar-refractivity contribution in [2.75, 3.05) is 6.61 Å². The largest absolute Gasteiger partial charge is 0.493 e. The Morgan fingerprint density at radius 2 is 1.43 bits per heavy atom. The van der Waals surface area contributed by atoms with E-state index in [1.165, 1.54) is 5.56 Å². The van der Waals surface area contributed by atoms with Gasteiger partial charge in [-0.3, -0.25) is 4.79 Å². The van der Waals surface area contributed by atoms with Crippen LogP contribution in [0.15, 0.2) is 132 Å². The van der Waals surface area contributed by atoms with Gasteiger partial charge in [-0.25, -0.2) is 4.79 Å². The highest BCUT2D eigenvalue weighted by Crippen LogP contribution is 2.33. The molecule has 5 aromatic carbocycles. The van der Waals surface area contributed by atoms with Crippen LogP contribution in [0.25, 0.3) is 11.1 Å². The van der Waals surface area contributed by atoms with Crippen LogP contribution in [0.4, 0.5) is 0 Å². The van der Waals surface area contributed by atoms with Gasteiger partial charge in [0.25, 0.3) is 5.91 Å². The quantitative estimate of drug-likeness (QED) is 0.125. The third-order valence-electron chi connectivity index (χ3n) is 7.06. The Bertz CT molecular complexity index is 1690. The molecule has 0 saturated heterocycles. The van der Waals surface area contributed by atoms with Crippen molar-refractivity contribution in [2.24, 2.45) is 0 Å². The van der Waals surface area contributed by atoms with Crippen molar-refractivity contribution in [1.29, 1.82) is 0 Å². The van der Waals surface area contributed by atoms with Crippen molar-refractivity contribution in [3.05, 3.63) is 149 Å². The van der Waals surface area contributed by atoms with E-state index in [9.17, 15) is 14.7 Å². The van der Waals surface area contributed by atoms with Crippen LogP contribution in [0, 0.1) is 0 Å². The van der Waals surface area contributed by atoms with Gasteiger partial charge in [0.15, 0.2) is 0 Å². The van der Waals surface area contributed by atoms with Crippen molar-refractivity contribution >= 4 is 27.8 Å². The van der Waals surface area contributed by atoms with E-state index in [0.717, 1.165) is 35.3 Å². The Balaban J connectivity index is 1.24. The second kappa shape index (κ2) is 15.0. The molecule has 0 bridgehead atoms. The number of carboxylic acid groups (broad SMARTS) is 1. The first-order valence-corrected chi connectivity index (χ1v) is 15.2. The number of carbonyl (C=O) groups excluding carboxylic acids is 1. The minimum atomic E-state index is -1.13. The summed E-state index contributed by atoms with van der Waals surface area (Å²) in [4.78, 5) is 25.5. The zero-order chi connectivity index (χ0) is 30.7. The highest BCUT2D eigenvalue weighted by atomic mass is 79.9. The summed E-state index contributed by atoms with van der Waals surface area (Å²) in [7, 11) is 0. The molecule has 0 aliphatic rings. The smallest absolute Gasteiger partial charge is 0.326 e. The van der Waals surface area contributed by atoms with Gasteiger partial charge in [-0.2, -0.15) is 0 Å². The molecule has 5 aromatic rings. The molecule has 5 rings (SSSR count). The number of ether oxygens (including phenoxy) is 2. The third kappa shape index (κ3) is 8.36. The lowest BCUT2D eigenvalue weighted by Gasteiger charge is -2.17. The molecule has 0 fully saturated rings. The minimum absolute atomic E-state index is 0.116. The number of aliphatic carboxylic acids is 1. The van der Waals surface area contributed by atoms with E-state index in [0.29, 0.717) is 22.6 Å². The molecule has 0 aliphatic carbocycles. The molecule has 2 N–H and O–H groups in total. The van der Waals surface area contributed by atoms with E-state index in [4.69, 9.17) is 9.47 Å². The number of benzene rings is 5. The lowest BCUT2D eigenvalue weighted by Crippen LogP contribution is -2.42. The van der Waals surface area contributed by atoms with E-state index < -0.39 is 17.9 Å². The molecule has 7 heteroatoms. The molecular weight excluding hydrogens is 618 g/mol. The fourth-order valence-corrected chi connectivity index (χ4v) is 5.17. The number of carboxylic acids is 1. The molecule has 0 aliphatic heterocycles. The molecule has 0 saturated carbocycles. The number of rotatable bonds is 13. The first-order valence-electron chi connectivity index (χ1n) is 14.4. The molecule has 222 valence electrons. The van der Waals surface area contributed by atoms with Crippen LogP contribution in [-0.4, -0.2) is 29.6 Å².